The zero-order valence-corrected chi connectivity index (χ0v) is 9.98. The summed E-state index contributed by atoms with van der Waals surface area (Å²) in [6.07, 6.45) is 2.00. The van der Waals surface area contributed by atoms with Crippen molar-refractivity contribution in [2.24, 2.45) is 5.92 Å². The van der Waals surface area contributed by atoms with E-state index in [0.29, 0.717) is 0 Å². The standard InChI is InChI=1S/C14H19NO/c1-3-5-13(10-15)14(16)12-8-6-11(4-2)7-9-12/h6-9,13-14,16H,3-5H2,1-2H3. The summed E-state index contributed by atoms with van der Waals surface area (Å²) >= 11 is 0. The van der Waals surface area contributed by atoms with Gasteiger partial charge in [-0.15, -0.1) is 0 Å². The average molecular weight is 217 g/mol. The van der Waals surface area contributed by atoms with Gasteiger partial charge >= 0.3 is 0 Å². The van der Waals surface area contributed by atoms with Crippen LogP contribution in [-0.2, 0) is 6.42 Å². The van der Waals surface area contributed by atoms with Crippen LogP contribution in [0.3, 0.4) is 0 Å². The molecule has 86 valence electrons. The van der Waals surface area contributed by atoms with Crippen molar-refractivity contribution in [2.75, 3.05) is 0 Å². The first-order valence-electron chi connectivity index (χ1n) is 5.89. The van der Waals surface area contributed by atoms with Gasteiger partial charge in [0.2, 0.25) is 0 Å². The number of nitrogens with zero attached hydrogens (tertiary/aromatic N) is 1. The summed E-state index contributed by atoms with van der Waals surface area (Å²) in [7, 11) is 0. The summed E-state index contributed by atoms with van der Waals surface area (Å²) in [5.41, 5.74) is 2.09. The Kier molecular flexibility index (Phi) is 5.01. The van der Waals surface area contributed by atoms with Crippen LogP contribution in [0.4, 0.5) is 0 Å². The highest BCUT2D eigenvalue weighted by molar-refractivity contribution is 5.25. The van der Waals surface area contributed by atoms with Crippen LogP contribution in [0.1, 0.15) is 43.9 Å². The zero-order chi connectivity index (χ0) is 12.0. The van der Waals surface area contributed by atoms with Crippen LogP contribution in [0.5, 0.6) is 0 Å². The molecule has 2 heteroatoms. The Hall–Kier alpha value is -1.33. The smallest absolute Gasteiger partial charge is 0.0948 e. The summed E-state index contributed by atoms with van der Waals surface area (Å²) in [5.74, 6) is -0.294. The quantitative estimate of drug-likeness (QED) is 0.823. The van der Waals surface area contributed by atoms with E-state index >= 15 is 0 Å². The molecule has 0 saturated carbocycles. The van der Waals surface area contributed by atoms with Crippen molar-refractivity contribution in [1.29, 1.82) is 5.26 Å². The maximum atomic E-state index is 10.1. The van der Waals surface area contributed by atoms with Gasteiger partial charge in [-0.05, 0) is 24.0 Å². The van der Waals surface area contributed by atoms with Crippen LogP contribution >= 0.6 is 0 Å². The number of aryl methyl sites for hydroxylation is 1. The summed E-state index contributed by atoms with van der Waals surface area (Å²) in [5, 5.41) is 19.0. The maximum absolute atomic E-state index is 10.1. The average Bonchev–Trinajstić information content (AvgIpc) is 2.35. The number of aliphatic hydroxyl groups excluding tert-OH is 1. The molecule has 0 aliphatic heterocycles. The molecule has 0 spiro atoms. The molecule has 0 saturated heterocycles. The zero-order valence-electron chi connectivity index (χ0n) is 9.98. The van der Waals surface area contributed by atoms with Gasteiger partial charge in [-0.2, -0.15) is 5.26 Å². The molecule has 0 radical (unpaired) electrons. The SMILES string of the molecule is CCCC(C#N)C(O)c1ccc(CC)cc1. The Balaban J connectivity index is 2.78. The molecule has 1 rings (SSSR count). The second kappa shape index (κ2) is 6.30. The molecular weight excluding hydrogens is 198 g/mol. The largest absolute Gasteiger partial charge is 0.387 e. The predicted octanol–water partition coefficient (Wildman–Crippen LogP) is 3.22. The van der Waals surface area contributed by atoms with Crippen LogP contribution in [0, 0.1) is 17.2 Å². The normalized spacial score (nSPS) is 14.1. The Morgan fingerprint density at radius 1 is 1.25 bits per heavy atom. The highest BCUT2D eigenvalue weighted by atomic mass is 16.3. The molecule has 0 aromatic heterocycles. The fourth-order valence-electron chi connectivity index (χ4n) is 1.79. The molecule has 1 aromatic carbocycles. The van der Waals surface area contributed by atoms with Crippen LogP contribution < -0.4 is 0 Å². The van der Waals surface area contributed by atoms with Crippen LogP contribution in [0.25, 0.3) is 0 Å². The van der Waals surface area contributed by atoms with Gasteiger partial charge in [0.1, 0.15) is 0 Å². The Morgan fingerprint density at radius 3 is 2.31 bits per heavy atom. The molecule has 0 aliphatic carbocycles. The van der Waals surface area contributed by atoms with Gasteiger partial charge in [-0.25, -0.2) is 0 Å². The van der Waals surface area contributed by atoms with E-state index in [1.54, 1.807) is 0 Å². The van der Waals surface area contributed by atoms with Crippen LogP contribution in [0.15, 0.2) is 24.3 Å². The minimum atomic E-state index is -0.657. The van der Waals surface area contributed by atoms with Gasteiger partial charge in [0, 0.05) is 0 Å². The van der Waals surface area contributed by atoms with Gasteiger partial charge in [0.05, 0.1) is 18.1 Å². The van der Waals surface area contributed by atoms with Gasteiger partial charge in [0.15, 0.2) is 0 Å². The summed E-state index contributed by atoms with van der Waals surface area (Å²) in [4.78, 5) is 0. The molecule has 0 heterocycles. The van der Waals surface area contributed by atoms with Crippen molar-refractivity contribution in [1.82, 2.24) is 0 Å². The van der Waals surface area contributed by atoms with E-state index in [1.807, 2.05) is 31.2 Å². The summed E-state index contributed by atoms with van der Waals surface area (Å²) < 4.78 is 0. The van der Waals surface area contributed by atoms with E-state index in [1.165, 1.54) is 5.56 Å². The lowest BCUT2D eigenvalue weighted by atomic mass is 9.92. The first-order valence-corrected chi connectivity index (χ1v) is 5.89. The number of rotatable bonds is 5. The maximum Gasteiger partial charge on any atom is 0.0948 e. The van der Waals surface area contributed by atoms with E-state index in [0.717, 1.165) is 24.8 Å². The lowest BCUT2D eigenvalue weighted by Crippen LogP contribution is -2.10. The molecule has 1 N–H and O–H groups in total. The van der Waals surface area contributed by atoms with Crippen LogP contribution in [-0.4, -0.2) is 5.11 Å². The number of nitriles is 1. The molecular formula is C14H19NO. The van der Waals surface area contributed by atoms with Gasteiger partial charge in [-0.1, -0.05) is 44.5 Å². The Morgan fingerprint density at radius 2 is 1.88 bits per heavy atom. The van der Waals surface area contributed by atoms with E-state index in [-0.39, 0.29) is 5.92 Å². The third kappa shape index (κ3) is 3.08. The lowest BCUT2D eigenvalue weighted by molar-refractivity contribution is 0.130. The molecule has 0 bridgehead atoms. The first kappa shape index (κ1) is 12.7. The molecule has 2 nitrogen and oxygen atoms in total. The van der Waals surface area contributed by atoms with Gasteiger partial charge in [0.25, 0.3) is 0 Å². The van der Waals surface area contributed by atoms with Crippen molar-refractivity contribution in [3.8, 4) is 6.07 Å². The van der Waals surface area contributed by atoms with Gasteiger partial charge in [-0.3, -0.25) is 0 Å². The number of hydrogen-bond donors (Lipinski definition) is 1. The summed E-state index contributed by atoms with van der Waals surface area (Å²) in [6, 6.07) is 10.0. The molecule has 2 atom stereocenters. The Labute approximate surface area is 97.5 Å². The third-order valence-electron chi connectivity index (χ3n) is 2.88. The molecule has 0 fully saturated rings. The number of benzene rings is 1. The monoisotopic (exact) mass is 217 g/mol. The summed E-state index contributed by atoms with van der Waals surface area (Å²) in [6.45, 7) is 4.12. The minimum Gasteiger partial charge on any atom is -0.387 e. The first-order chi connectivity index (χ1) is 7.72. The topological polar surface area (TPSA) is 44.0 Å². The van der Waals surface area contributed by atoms with Crippen molar-refractivity contribution in [3.05, 3.63) is 35.4 Å². The predicted molar refractivity (Wildman–Crippen MR) is 64.8 cm³/mol. The lowest BCUT2D eigenvalue weighted by Gasteiger charge is -2.16. The van der Waals surface area contributed by atoms with Crippen molar-refractivity contribution < 1.29 is 5.11 Å². The van der Waals surface area contributed by atoms with Crippen LogP contribution in [0.2, 0.25) is 0 Å². The number of hydrogen-bond acceptors (Lipinski definition) is 2. The second-order valence-corrected chi connectivity index (χ2v) is 4.06. The highest BCUT2D eigenvalue weighted by Gasteiger charge is 2.19. The van der Waals surface area contributed by atoms with E-state index in [9.17, 15) is 5.11 Å². The second-order valence-electron chi connectivity index (χ2n) is 4.06. The van der Waals surface area contributed by atoms with Crippen molar-refractivity contribution >= 4 is 0 Å². The number of aliphatic hydroxyl groups is 1. The molecule has 16 heavy (non-hydrogen) atoms. The highest BCUT2D eigenvalue weighted by Crippen LogP contribution is 2.25. The fourth-order valence-corrected chi connectivity index (χ4v) is 1.79. The molecule has 1 aromatic rings. The van der Waals surface area contributed by atoms with E-state index in [4.69, 9.17) is 5.26 Å². The third-order valence-corrected chi connectivity index (χ3v) is 2.88. The van der Waals surface area contributed by atoms with E-state index in [2.05, 4.69) is 13.0 Å². The van der Waals surface area contributed by atoms with E-state index < -0.39 is 6.10 Å². The minimum absolute atomic E-state index is 0.294. The molecule has 0 amide bonds. The van der Waals surface area contributed by atoms with Crippen molar-refractivity contribution in [3.63, 3.8) is 0 Å². The Bertz CT molecular complexity index is 350. The molecule has 2 unspecified atom stereocenters. The fraction of sp³-hybridized carbons (Fsp3) is 0.500. The molecule has 0 aliphatic rings. The van der Waals surface area contributed by atoms with Gasteiger partial charge < -0.3 is 5.11 Å². The van der Waals surface area contributed by atoms with Crippen molar-refractivity contribution in [2.45, 2.75) is 39.2 Å².